The Morgan fingerprint density at radius 3 is 2.81 bits per heavy atom. The van der Waals surface area contributed by atoms with Crippen molar-refractivity contribution in [3.05, 3.63) is 48.7 Å². The Morgan fingerprint density at radius 2 is 2.15 bits per heavy atom. The third-order valence-corrected chi connectivity index (χ3v) is 6.21. The average molecular weight is 367 g/mol. The highest BCUT2D eigenvalue weighted by Crippen LogP contribution is 2.44. The van der Waals surface area contributed by atoms with E-state index in [-0.39, 0.29) is 12.2 Å². The smallest absolute Gasteiger partial charge is 0.119 e. The first-order valence-corrected chi connectivity index (χ1v) is 10.1. The molecule has 3 saturated heterocycles. The van der Waals surface area contributed by atoms with E-state index in [0.717, 1.165) is 35.7 Å². The molecule has 4 unspecified atom stereocenters. The van der Waals surface area contributed by atoms with E-state index in [9.17, 15) is 0 Å². The molecule has 0 amide bonds. The number of hydrogen-bond donors (Lipinski definition) is 0. The van der Waals surface area contributed by atoms with Gasteiger partial charge in [0.15, 0.2) is 0 Å². The van der Waals surface area contributed by atoms with Crippen LogP contribution in [0.1, 0.15) is 38.4 Å². The Labute approximate surface area is 162 Å². The van der Waals surface area contributed by atoms with Crippen molar-refractivity contribution in [2.45, 2.75) is 44.9 Å². The number of hydrogen-bond acceptors (Lipinski definition) is 4. The van der Waals surface area contributed by atoms with E-state index < -0.39 is 0 Å². The van der Waals surface area contributed by atoms with Crippen molar-refractivity contribution in [1.82, 2.24) is 9.88 Å². The fourth-order valence-electron chi connectivity index (χ4n) is 4.88. The second-order valence-electron chi connectivity index (χ2n) is 8.13. The third kappa shape index (κ3) is 3.48. The van der Waals surface area contributed by atoms with Gasteiger partial charge in [-0.15, -0.1) is 6.58 Å². The van der Waals surface area contributed by atoms with Gasteiger partial charge in [-0.1, -0.05) is 6.08 Å². The van der Waals surface area contributed by atoms with Crippen molar-refractivity contribution < 1.29 is 9.47 Å². The summed E-state index contributed by atoms with van der Waals surface area (Å²) < 4.78 is 12.0. The molecule has 0 saturated carbocycles. The topological polar surface area (TPSA) is 34.6 Å². The number of benzene rings is 1. The van der Waals surface area contributed by atoms with Crippen LogP contribution in [-0.4, -0.2) is 42.2 Å². The second kappa shape index (κ2) is 7.61. The lowest BCUT2D eigenvalue weighted by molar-refractivity contribution is -0.0926. The lowest BCUT2D eigenvalue weighted by Crippen LogP contribution is -2.55. The maximum Gasteiger partial charge on any atom is 0.119 e. The van der Waals surface area contributed by atoms with Crippen molar-refractivity contribution >= 4 is 10.9 Å². The summed E-state index contributed by atoms with van der Waals surface area (Å²) >= 11 is 0. The Hall–Kier alpha value is -1.91. The van der Waals surface area contributed by atoms with Crippen LogP contribution >= 0.6 is 0 Å². The van der Waals surface area contributed by atoms with Gasteiger partial charge in [-0.05, 0) is 74.9 Å². The first-order chi connectivity index (χ1) is 13.1. The molecule has 0 radical (unpaired) electrons. The summed E-state index contributed by atoms with van der Waals surface area (Å²) in [5, 5.41) is 1.13. The Kier molecular flexibility index (Phi) is 5.20. The Bertz CT molecular complexity index is 819. The van der Waals surface area contributed by atoms with Crippen LogP contribution in [0.3, 0.4) is 0 Å². The van der Waals surface area contributed by atoms with E-state index in [2.05, 4.69) is 48.5 Å². The highest BCUT2D eigenvalue weighted by Gasteiger charge is 2.43. The van der Waals surface area contributed by atoms with Crippen molar-refractivity contribution in [2.75, 3.05) is 20.2 Å². The van der Waals surface area contributed by atoms with Gasteiger partial charge in [0, 0.05) is 24.2 Å². The van der Waals surface area contributed by atoms with Crippen molar-refractivity contribution in [3.63, 3.8) is 0 Å². The average Bonchev–Trinajstić information content (AvgIpc) is 2.71. The molecule has 3 aliphatic rings. The van der Waals surface area contributed by atoms with Crippen molar-refractivity contribution in [3.8, 4) is 5.75 Å². The standard InChI is InChI=1S/C23H30N2O2/c1-5-16-14-25-11-9-17(16)12-22(25)23(27-15(2)3)19-8-10-24-21-7-6-18(26-4)13-20(19)21/h5-8,10,13,15-17,22-23H,1,9,11-12,14H2,2-4H3/t16?,17?,22?,23-/m1/s1. The zero-order valence-electron chi connectivity index (χ0n) is 16.6. The summed E-state index contributed by atoms with van der Waals surface area (Å²) in [5.74, 6) is 2.19. The first kappa shape index (κ1) is 18.5. The minimum Gasteiger partial charge on any atom is -0.497 e. The lowest BCUT2D eigenvalue weighted by atomic mass is 9.73. The highest BCUT2D eigenvalue weighted by atomic mass is 16.5. The van der Waals surface area contributed by atoms with Crippen LogP contribution in [-0.2, 0) is 4.74 Å². The maximum atomic E-state index is 6.54. The highest BCUT2D eigenvalue weighted by molar-refractivity contribution is 5.84. The van der Waals surface area contributed by atoms with Crippen LogP contribution in [0.15, 0.2) is 43.1 Å². The largest absolute Gasteiger partial charge is 0.497 e. The molecule has 5 atom stereocenters. The number of piperidine rings is 3. The van der Waals surface area contributed by atoms with Gasteiger partial charge in [-0.2, -0.15) is 0 Å². The molecule has 4 heteroatoms. The van der Waals surface area contributed by atoms with Gasteiger partial charge in [0.1, 0.15) is 5.75 Å². The van der Waals surface area contributed by atoms with E-state index >= 15 is 0 Å². The molecule has 0 N–H and O–H groups in total. The van der Waals surface area contributed by atoms with Crippen LogP contribution < -0.4 is 4.74 Å². The summed E-state index contributed by atoms with van der Waals surface area (Å²) in [5.41, 5.74) is 2.21. The summed E-state index contributed by atoms with van der Waals surface area (Å²) in [6, 6.07) is 8.63. The molecule has 4 heterocycles. The van der Waals surface area contributed by atoms with Gasteiger partial charge >= 0.3 is 0 Å². The van der Waals surface area contributed by atoms with E-state index in [0.29, 0.717) is 12.0 Å². The predicted octanol–water partition coefficient (Wildman–Crippen LogP) is 4.61. The van der Waals surface area contributed by atoms with Crippen LogP contribution in [0.25, 0.3) is 10.9 Å². The van der Waals surface area contributed by atoms with Gasteiger partial charge in [0.2, 0.25) is 0 Å². The SMILES string of the molecule is C=CC1CN2CCC1CC2[C@H](OC(C)C)c1ccnc2ccc(OC)cc12. The molecule has 1 aromatic carbocycles. The normalized spacial score (nSPS) is 28.4. The van der Waals surface area contributed by atoms with Gasteiger partial charge in [-0.25, -0.2) is 0 Å². The monoisotopic (exact) mass is 366 g/mol. The number of pyridine rings is 1. The molecule has 3 fully saturated rings. The van der Waals surface area contributed by atoms with Crippen molar-refractivity contribution in [2.24, 2.45) is 11.8 Å². The molecule has 2 aromatic rings. The van der Waals surface area contributed by atoms with Crippen LogP contribution in [0.4, 0.5) is 0 Å². The summed E-state index contributed by atoms with van der Waals surface area (Å²) in [7, 11) is 1.71. The first-order valence-electron chi connectivity index (χ1n) is 10.1. The summed E-state index contributed by atoms with van der Waals surface area (Å²) in [6.07, 6.45) is 6.70. The molecule has 1 aromatic heterocycles. The van der Waals surface area contributed by atoms with Gasteiger partial charge in [-0.3, -0.25) is 9.88 Å². The van der Waals surface area contributed by atoms with Gasteiger partial charge in [0.25, 0.3) is 0 Å². The molecular weight excluding hydrogens is 336 g/mol. The molecule has 0 aliphatic carbocycles. The van der Waals surface area contributed by atoms with Crippen LogP contribution in [0.2, 0.25) is 0 Å². The number of aromatic nitrogens is 1. The third-order valence-electron chi connectivity index (χ3n) is 6.21. The van der Waals surface area contributed by atoms with E-state index in [1.807, 2.05) is 18.3 Å². The van der Waals surface area contributed by atoms with E-state index in [1.165, 1.54) is 18.4 Å². The molecule has 2 bridgehead atoms. The molecule has 5 rings (SSSR count). The Balaban J connectivity index is 1.75. The predicted molar refractivity (Wildman–Crippen MR) is 109 cm³/mol. The van der Waals surface area contributed by atoms with Gasteiger partial charge < -0.3 is 9.47 Å². The Morgan fingerprint density at radius 1 is 1.30 bits per heavy atom. The van der Waals surface area contributed by atoms with Crippen LogP contribution in [0.5, 0.6) is 5.75 Å². The zero-order valence-corrected chi connectivity index (χ0v) is 16.6. The minimum absolute atomic E-state index is 0.0381. The fourth-order valence-corrected chi connectivity index (χ4v) is 4.88. The maximum absolute atomic E-state index is 6.54. The zero-order chi connectivity index (χ0) is 19.0. The molecule has 4 nitrogen and oxygen atoms in total. The molecular formula is C23H30N2O2. The van der Waals surface area contributed by atoms with E-state index in [4.69, 9.17) is 9.47 Å². The number of ether oxygens (including phenoxy) is 2. The van der Waals surface area contributed by atoms with Gasteiger partial charge in [0.05, 0.1) is 24.8 Å². The lowest BCUT2D eigenvalue weighted by Gasteiger charge is -2.51. The van der Waals surface area contributed by atoms with E-state index in [1.54, 1.807) is 7.11 Å². The molecule has 3 aliphatic heterocycles. The number of fused-ring (bicyclic) bond motifs is 4. The quantitative estimate of drug-likeness (QED) is 0.700. The number of rotatable bonds is 6. The minimum atomic E-state index is 0.0381. The molecule has 27 heavy (non-hydrogen) atoms. The van der Waals surface area contributed by atoms with Crippen LogP contribution in [0, 0.1) is 11.8 Å². The number of nitrogens with zero attached hydrogens (tertiary/aromatic N) is 2. The summed E-state index contributed by atoms with van der Waals surface area (Å²) in [4.78, 5) is 7.18. The fraction of sp³-hybridized carbons (Fsp3) is 0.522. The molecule has 0 spiro atoms. The molecule has 144 valence electrons. The summed E-state index contributed by atoms with van der Waals surface area (Å²) in [6.45, 7) is 10.6. The second-order valence-corrected chi connectivity index (χ2v) is 8.13. The number of methoxy groups -OCH3 is 1. The van der Waals surface area contributed by atoms with Crippen molar-refractivity contribution in [1.29, 1.82) is 0 Å².